The lowest BCUT2D eigenvalue weighted by atomic mass is 9.97. The third-order valence-corrected chi connectivity index (χ3v) is 5.90. The average Bonchev–Trinajstić information content (AvgIpc) is 3.37. The molecule has 2 N–H and O–H groups in total. The number of hydrogen-bond acceptors (Lipinski definition) is 3. The number of primary sulfonamides is 1. The fourth-order valence-corrected chi connectivity index (χ4v) is 4.00. The van der Waals surface area contributed by atoms with Crippen LogP contribution in [0.5, 0.6) is 0 Å². The van der Waals surface area contributed by atoms with Gasteiger partial charge in [0, 0.05) is 17.6 Å². The molecular weight excluding hydrogens is 372 g/mol. The van der Waals surface area contributed by atoms with Crippen molar-refractivity contribution in [1.29, 1.82) is 0 Å². The number of rotatable bonds is 4. The fraction of sp³-hybridized carbons (Fsp3) is 0.211. The number of carbonyl (C=O) groups excluding carboxylic acids is 1. The first kappa shape index (κ1) is 17.3. The van der Waals surface area contributed by atoms with Crippen molar-refractivity contribution in [3.05, 3.63) is 64.7 Å². The second-order valence-electron chi connectivity index (χ2n) is 6.60. The lowest BCUT2D eigenvalue weighted by Crippen LogP contribution is -2.29. The Morgan fingerprint density at radius 2 is 1.73 bits per heavy atom. The number of carbonyl (C=O) groups is 1. The lowest BCUT2D eigenvalue weighted by Gasteiger charge is -2.15. The summed E-state index contributed by atoms with van der Waals surface area (Å²) in [6, 6.07) is 13.8. The molecule has 0 saturated heterocycles. The van der Waals surface area contributed by atoms with Crippen molar-refractivity contribution in [2.75, 3.05) is 6.54 Å². The van der Waals surface area contributed by atoms with Gasteiger partial charge in [0.1, 0.15) is 0 Å². The lowest BCUT2D eigenvalue weighted by molar-refractivity contribution is -0.124. The predicted molar refractivity (Wildman–Crippen MR) is 101 cm³/mol. The first-order valence-corrected chi connectivity index (χ1v) is 10.2. The van der Waals surface area contributed by atoms with Gasteiger partial charge in [0.05, 0.1) is 10.5 Å². The molecule has 1 aliphatic carbocycles. The molecule has 1 heterocycles. The van der Waals surface area contributed by atoms with Crippen LogP contribution in [-0.2, 0) is 14.8 Å². The van der Waals surface area contributed by atoms with Gasteiger partial charge in [0.15, 0.2) is 0 Å². The van der Waals surface area contributed by atoms with Crippen LogP contribution in [0.2, 0.25) is 5.02 Å². The van der Waals surface area contributed by atoms with Crippen LogP contribution in [0.25, 0.3) is 11.1 Å². The molecule has 5 nitrogen and oxygen atoms in total. The monoisotopic (exact) mass is 388 g/mol. The topological polar surface area (TPSA) is 80.5 Å². The molecular formula is C19H17ClN2O3S. The molecule has 1 aliphatic heterocycles. The fourth-order valence-electron chi connectivity index (χ4n) is 3.30. The van der Waals surface area contributed by atoms with Crippen LogP contribution in [0.15, 0.2) is 53.4 Å². The minimum atomic E-state index is -3.77. The van der Waals surface area contributed by atoms with Gasteiger partial charge in [-0.2, -0.15) is 0 Å². The van der Waals surface area contributed by atoms with Crippen molar-refractivity contribution in [2.45, 2.75) is 23.8 Å². The third-order valence-electron chi connectivity index (χ3n) is 4.74. The number of nitrogens with two attached hydrogens (primary N) is 1. The summed E-state index contributed by atoms with van der Waals surface area (Å²) in [6.45, 7) is 0.538. The highest BCUT2D eigenvalue weighted by Gasteiger charge is 2.40. The van der Waals surface area contributed by atoms with E-state index in [2.05, 4.69) is 0 Å². The van der Waals surface area contributed by atoms with E-state index in [9.17, 15) is 13.2 Å². The maximum atomic E-state index is 13.0. The van der Waals surface area contributed by atoms with Crippen molar-refractivity contribution in [2.24, 2.45) is 5.14 Å². The van der Waals surface area contributed by atoms with E-state index in [1.54, 1.807) is 18.2 Å². The molecule has 134 valence electrons. The molecule has 0 bridgehead atoms. The van der Waals surface area contributed by atoms with Crippen LogP contribution in [0.4, 0.5) is 0 Å². The van der Waals surface area contributed by atoms with E-state index >= 15 is 0 Å². The summed E-state index contributed by atoms with van der Waals surface area (Å²) in [4.78, 5) is 14.9. The summed E-state index contributed by atoms with van der Waals surface area (Å²) in [7, 11) is -3.77. The van der Waals surface area contributed by atoms with E-state index in [0.29, 0.717) is 22.7 Å². The normalized spacial score (nSPS) is 17.9. The first-order valence-electron chi connectivity index (χ1n) is 8.28. The van der Waals surface area contributed by atoms with Gasteiger partial charge in [-0.1, -0.05) is 35.9 Å². The molecule has 2 aromatic carbocycles. The maximum Gasteiger partial charge on any atom is 0.255 e. The first-order chi connectivity index (χ1) is 12.3. The average molecular weight is 389 g/mol. The molecule has 2 aromatic rings. The highest BCUT2D eigenvalue weighted by molar-refractivity contribution is 7.89. The summed E-state index contributed by atoms with van der Waals surface area (Å²) in [5.41, 5.74) is 3.09. The van der Waals surface area contributed by atoms with E-state index in [1.807, 2.05) is 23.1 Å². The zero-order valence-corrected chi connectivity index (χ0v) is 15.4. The largest absolute Gasteiger partial charge is 0.331 e. The predicted octanol–water partition coefficient (Wildman–Crippen LogP) is 2.90. The van der Waals surface area contributed by atoms with Crippen LogP contribution < -0.4 is 5.14 Å². The molecule has 0 spiro atoms. The Hall–Kier alpha value is -2.15. The van der Waals surface area contributed by atoms with Crippen LogP contribution >= 0.6 is 11.6 Å². The van der Waals surface area contributed by atoms with E-state index in [-0.39, 0.29) is 16.8 Å². The van der Waals surface area contributed by atoms with Gasteiger partial charge < -0.3 is 4.90 Å². The summed E-state index contributed by atoms with van der Waals surface area (Å²) in [5.74, 6) is -0.0224. The van der Waals surface area contributed by atoms with Crippen LogP contribution in [0.1, 0.15) is 24.0 Å². The number of sulfonamides is 1. The zero-order chi connectivity index (χ0) is 18.5. The Balaban J connectivity index is 1.82. The summed E-state index contributed by atoms with van der Waals surface area (Å²) in [5, 5.41) is 5.77. The molecule has 0 unspecified atom stereocenters. The molecule has 2 aliphatic rings. The SMILES string of the molecule is NS(=O)(=O)c1ccc(C2=C(c3cccc(Cl)c3)CN(C3CC3)C2=O)cc1. The number of nitrogens with zero attached hydrogens (tertiary/aromatic N) is 1. The molecule has 0 radical (unpaired) electrons. The van der Waals surface area contributed by atoms with Gasteiger partial charge >= 0.3 is 0 Å². The molecule has 0 aromatic heterocycles. The minimum Gasteiger partial charge on any atom is -0.331 e. The number of halogens is 1. The molecule has 26 heavy (non-hydrogen) atoms. The molecule has 1 fully saturated rings. The van der Waals surface area contributed by atoms with Crippen molar-refractivity contribution in [3.63, 3.8) is 0 Å². The highest BCUT2D eigenvalue weighted by atomic mass is 35.5. The molecule has 4 rings (SSSR count). The van der Waals surface area contributed by atoms with Crippen LogP contribution in [0, 0.1) is 0 Å². The second-order valence-corrected chi connectivity index (χ2v) is 8.60. The molecule has 1 amide bonds. The van der Waals surface area contributed by atoms with Gasteiger partial charge in [-0.15, -0.1) is 0 Å². The van der Waals surface area contributed by atoms with Crippen molar-refractivity contribution < 1.29 is 13.2 Å². The van der Waals surface area contributed by atoms with E-state index in [1.165, 1.54) is 12.1 Å². The highest BCUT2D eigenvalue weighted by Crippen LogP contribution is 2.40. The van der Waals surface area contributed by atoms with Crippen molar-refractivity contribution in [1.82, 2.24) is 4.90 Å². The zero-order valence-electron chi connectivity index (χ0n) is 13.9. The van der Waals surface area contributed by atoms with Crippen molar-refractivity contribution in [3.8, 4) is 0 Å². The Labute approximate surface area is 157 Å². The smallest absolute Gasteiger partial charge is 0.255 e. The van der Waals surface area contributed by atoms with E-state index in [4.69, 9.17) is 16.7 Å². The Morgan fingerprint density at radius 3 is 2.31 bits per heavy atom. The Kier molecular flexibility index (Phi) is 4.14. The van der Waals surface area contributed by atoms with Gasteiger partial charge in [0.2, 0.25) is 10.0 Å². The Morgan fingerprint density at radius 1 is 1.04 bits per heavy atom. The quantitative estimate of drug-likeness (QED) is 0.874. The molecule has 1 saturated carbocycles. The Bertz CT molecular complexity index is 1030. The summed E-state index contributed by atoms with van der Waals surface area (Å²) < 4.78 is 23.0. The maximum absolute atomic E-state index is 13.0. The summed E-state index contributed by atoms with van der Waals surface area (Å²) in [6.07, 6.45) is 2.04. The van der Waals surface area contributed by atoms with E-state index < -0.39 is 10.0 Å². The van der Waals surface area contributed by atoms with Gasteiger partial charge in [-0.3, -0.25) is 4.79 Å². The second kappa shape index (κ2) is 6.23. The third kappa shape index (κ3) is 3.16. The van der Waals surface area contributed by atoms with Gasteiger partial charge in [-0.05, 0) is 53.8 Å². The van der Waals surface area contributed by atoms with Crippen LogP contribution in [-0.4, -0.2) is 31.8 Å². The van der Waals surface area contributed by atoms with E-state index in [0.717, 1.165) is 24.0 Å². The minimum absolute atomic E-state index is 0.0224. The standard InChI is InChI=1S/C19H17ClN2O3S/c20-14-3-1-2-13(10-14)17-11-22(15-6-7-15)19(23)18(17)12-4-8-16(9-5-12)26(21,24)25/h1-5,8-10,15H,6-7,11H2,(H2,21,24,25). The number of benzene rings is 2. The van der Waals surface area contributed by atoms with Crippen molar-refractivity contribution >= 4 is 38.7 Å². The van der Waals surface area contributed by atoms with Gasteiger partial charge in [-0.25, -0.2) is 13.6 Å². The number of amides is 1. The van der Waals surface area contributed by atoms with Crippen LogP contribution in [0.3, 0.4) is 0 Å². The molecule has 0 atom stereocenters. The molecule has 7 heteroatoms. The van der Waals surface area contributed by atoms with Gasteiger partial charge in [0.25, 0.3) is 5.91 Å². The summed E-state index contributed by atoms with van der Waals surface area (Å²) >= 11 is 6.13. The number of hydrogen-bond donors (Lipinski definition) is 1.